The maximum atomic E-state index is 12.9. The van der Waals surface area contributed by atoms with Gasteiger partial charge in [0.15, 0.2) is 0 Å². The number of thiophene rings is 1. The van der Waals surface area contributed by atoms with Gasteiger partial charge in [-0.05, 0) is 49.9 Å². The van der Waals surface area contributed by atoms with Crippen LogP contribution >= 0.6 is 11.3 Å². The topological polar surface area (TPSA) is 23.6 Å². The Bertz CT molecular complexity index is 665. The Labute approximate surface area is 142 Å². The van der Waals surface area contributed by atoms with Crippen molar-refractivity contribution in [1.82, 2.24) is 9.80 Å². The number of fused-ring (bicyclic) bond motifs is 1. The van der Waals surface area contributed by atoms with Crippen LogP contribution in [-0.4, -0.2) is 41.9 Å². The first-order valence-corrected chi connectivity index (χ1v) is 9.07. The summed E-state index contributed by atoms with van der Waals surface area (Å²) in [5.74, 6) is 0.215. The van der Waals surface area contributed by atoms with Crippen LogP contribution in [0.1, 0.15) is 35.9 Å². The molecule has 0 aliphatic carbocycles. The molecule has 1 aromatic carbocycles. The summed E-state index contributed by atoms with van der Waals surface area (Å²) in [6, 6.07) is 13.0. The van der Waals surface area contributed by atoms with Crippen LogP contribution in [0.4, 0.5) is 0 Å². The lowest BCUT2D eigenvalue weighted by Crippen LogP contribution is -2.45. The van der Waals surface area contributed by atoms with Gasteiger partial charge in [0.05, 0.1) is 12.6 Å². The molecule has 0 fully saturated rings. The molecule has 4 heteroatoms. The van der Waals surface area contributed by atoms with E-state index >= 15 is 0 Å². The van der Waals surface area contributed by atoms with Gasteiger partial charge in [-0.3, -0.25) is 9.69 Å². The number of amides is 1. The van der Waals surface area contributed by atoms with Gasteiger partial charge in [-0.1, -0.05) is 30.3 Å². The van der Waals surface area contributed by atoms with Gasteiger partial charge in [0.1, 0.15) is 0 Å². The minimum absolute atomic E-state index is 0.0549. The molecule has 122 valence electrons. The molecule has 1 aliphatic heterocycles. The van der Waals surface area contributed by atoms with E-state index in [4.69, 9.17) is 0 Å². The lowest BCUT2D eigenvalue weighted by Gasteiger charge is -2.37. The normalized spacial score (nSPS) is 17.6. The zero-order chi connectivity index (χ0) is 16.4. The van der Waals surface area contributed by atoms with E-state index < -0.39 is 0 Å². The van der Waals surface area contributed by atoms with E-state index in [9.17, 15) is 4.79 Å². The van der Waals surface area contributed by atoms with Crippen molar-refractivity contribution in [3.63, 3.8) is 0 Å². The number of hydrogen-bond acceptors (Lipinski definition) is 3. The molecule has 0 saturated heterocycles. The lowest BCUT2D eigenvalue weighted by atomic mass is 9.93. The van der Waals surface area contributed by atoms with Crippen LogP contribution < -0.4 is 0 Å². The van der Waals surface area contributed by atoms with E-state index in [0.717, 1.165) is 13.0 Å². The first-order chi connectivity index (χ1) is 11.1. The first-order valence-electron chi connectivity index (χ1n) is 8.19. The maximum Gasteiger partial charge on any atom is 0.237 e. The van der Waals surface area contributed by atoms with Gasteiger partial charge < -0.3 is 4.90 Å². The van der Waals surface area contributed by atoms with Crippen LogP contribution in [0.25, 0.3) is 0 Å². The zero-order valence-electron chi connectivity index (χ0n) is 14.0. The fraction of sp³-hybridized carbons (Fsp3) is 0.421. The summed E-state index contributed by atoms with van der Waals surface area (Å²) in [7, 11) is 2.01. The fourth-order valence-electron chi connectivity index (χ4n) is 3.07. The van der Waals surface area contributed by atoms with E-state index in [-0.39, 0.29) is 11.9 Å². The fourth-order valence-corrected chi connectivity index (χ4v) is 3.97. The van der Waals surface area contributed by atoms with Crippen molar-refractivity contribution in [1.29, 1.82) is 0 Å². The molecule has 23 heavy (non-hydrogen) atoms. The molecule has 1 amide bonds. The van der Waals surface area contributed by atoms with E-state index in [1.807, 2.05) is 24.5 Å². The van der Waals surface area contributed by atoms with Crippen molar-refractivity contribution in [2.75, 3.05) is 20.1 Å². The quantitative estimate of drug-likeness (QED) is 0.857. The van der Waals surface area contributed by atoms with Gasteiger partial charge >= 0.3 is 0 Å². The van der Waals surface area contributed by atoms with E-state index in [0.29, 0.717) is 12.6 Å². The highest BCUT2D eigenvalue weighted by Crippen LogP contribution is 2.37. The number of hydrogen-bond donors (Lipinski definition) is 0. The molecule has 0 saturated carbocycles. The number of carbonyl (C=O) groups excluding carboxylic acids is 1. The summed E-state index contributed by atoms with van der Waals surface area (Å²) in [6.45, 7) is 5.52. The third kappa shape index (κ3) is 3.33. The Hall–Kier alpha value is -1.65. The van der Waals surface area contributed by atoms with Crippen molar-refractivity contribution in [2.24, 2.45) is 0 Å². The zero-order valence-corrected chi connectivity index (χ0v) is 14.8. The second-order valence-electron chi connectivity index (χ2n) is 6.46. The molecule has 0 unspecified atom stereocenters. The van der Waals surface area contributed by atoms with Crippen LogP contribution in [0.5, 0.6) is 0 Å². The lowest BCUT2D eigenvalue weighted by molar-refractivity contribution is -0.134. The summed E-state index contributed by atoms with van der Waals surface area (Å²) >= 11 is 1.81. The SMILES string of the molecule is CC(C)N(C)CC(=O)N1CCc2sccc2[C@H]1c1ccccc1. The van der Waals surface area contributed by atoms with Crippen molar-refractivity contribution in [3.05, 3.63) is 57.8 Å². The van der Waals surface area contributed by atoms with Crippen LogP contribution in [0.3, 0.4) is 0 Å². The summed E-state index contributed by atoms with van der Waals surface area (Å²) in [4.78, 5) is 18.5. The van der Waals surface area contributed by atoms with Crippen molar-refractivity contribution < 1.29 is 4.79 Å². The molecule has 3 nitrogen and oxygen atoms in total. The van der Waals surface area contributed by atoms with Crippen LogP contribution in [0.2, 0.25) is 0 Å². The number of rotatable bonds is 4. The van der Waals surface area contributed by atoms with Gasteiger partial charge in [-0.2, -0.15) is 0 Å². The maximum absolute atomic E-state index is 12.9. The van der Waals surface area contributed by atoms with Crippen LogP contribution in [0.15, 0.2) is 41.8 Å². The van der Waals surface area contributed by atoms with Crippen LogP contribution in [0, 0.1) is 0 Å². The van der Waals surface area contributed by atoms with Crippen molar-refractivity contribution in [3.8, 4) is 0 Å². The molecule has 0 N–H and O–H groups in total. The molecule has 1 aromatic heterocycles. The number of benzene rings is 1. The van der Waals surface area contributed by atoms with Crippen molar-refractivity contribution >= 4 is 17.2 Å². The van der Waals surface area contributed by atoms with Gasteiger partial charge in [-0.25, -0.2) is 0 Å². The predicted octanol–water partition coefficient (Wildman–Crippen LogP) is 3.56. The van der Waals surface area contributed by atoms with Gasteiger partial charge in [0, 0.05) is 17.5 Å². The highest BCUT2D eigenvalue weighted by atomic mass is 32.1. The molecule has 3 rings (SSSR count). The third-order valence-corrected chi connectivity index (χ3v) is 5.66. The van der Waals surface area contributed by atoms with Crippen molar-refractivity contribution in [2.45, 2.75) is 32.4 Å². The van der Waals surface area contributed by atoms with Gasteiger partial charge in [0.2, 0.25) is 5.91 Å². The molecule has 0 spiro atoms. The Morgan fingerprint density at radius 1 is 1.30 bits per heavy atom. The summed E-state index contributed by atoms with van der Waals surface area (Å²) in [5, 5.41) is 2.15. The van der Waals surface area contributed by atoms with Gasteiger partial charge in [-0.15, -0.1) is 11.3 Å². The second kappa shape index (κ2) is 6.85. The highest BCUT2D eigenvalue weighted by Gasteiger charge is 2.32. The molecule has 1 atom stereocenters. The summed E-state index contributed by atoms with van der Waals surface area (Å²) in [5.41, 5.74) is 2.50. The monoisotopic (exact) mass is 328 g/mol. The average molecular weight is 328 g/mol. The molecule has 2 heterocycles. The van der Waals surface area contributed by atoms with E-state index in [2.05, 4.69) is 59.4 Å². The van der Waals surface area contributed by atoms with E-state index in [1.54, 1.807) is 0 Å². The molecule has 0 bridgehead atoms. The minimum atomic E-state index is 0.0549. The third-order valence-electron chi connectivity index (χ3n) is 4.67. The Morgan fingerprint density at radius 3 is 2.74 bits per heavy atom. The second-order valence-corrected chi connectivity index (χ2v) is 7.46. The average Bonchev–Trinajstić information content (AvgIpc) is 3.03. The Morgan fingerprint density at radius 2 is 2.04 bits per heavy atom. The number of likely N-dealkylation sites (N-methyl/N-ethyl adjacent to an activating group) is 1. The highest BCUT2D eigenvalue weighted by molar-refractivity contribution is 7.10. The van der Waals surface area contributed by atoms with Gasteiger partial charge in [0.25, 0.3) is 0 Å². The molecule has 1 aliphatic rings. The largest absolute Gasteiger partial charge is 0.330 e. The first kappa shape index (κ1) is 16.2. The Balaban J connectivity index is 1.91. The Kier molecular flexibility index (Phi) is 4.83. The smallest absolute Gasteiger partial charge is 0.237 e. The van der Waals surface area contributed by atoms with Crippen LogP contribution in [-0.2, 0) is 11.2 Å². The number of nitrogens with zero attached hydrogens (tertiary/aromatic N) is 2. The summed E-state index contributed by atoms with van der Waals surface area (Å²) in [6.07, 6.45) is 0.966. The molecular formula is C19H24N2OS. The van der Waals surface area contributed by atoms with E-state index in [1.165, 1.54) is 16.0 Å². The minimum Gasteiger partial charge on any atom is -0.330 e. The standard InChI is InChI=1S/C19H24N2OS/c1-14(2)20(3)13-18(22)21-11-9-17-16(10-12-23-17)19(21)15-7-5-4-6-8-15/h4-8,10,12,14,19H,9,11,13H2,1-3H3/t19-/m1/s1. The number of carbonyl (C=O) groups is 1. The summed E-state index contributed by atoms with van der Waals surface area (Å²) < 4.78 is 0. The molecule has 0 radical (unpaired) electrons. The predicted molar refractivity (Wildman–Crippen MR) is 95.8 cm³/mol. The molecular weight excluding hydrogens is 304 g/mol. The molecule has 2 aromatic rings.